The lowest BCUT2D eigenvalue weighted by atomic mass is 9.76. The highest BCUT2D eigenvalue weighted by atomic mass is 32.2. The zero-order chi connectivity index (χ0) is 15.7. The van der Waals surface area contributed by atoms with Gasteiger partial charge in [0, 0.05) is 17.5 Å². The Morgan fingerprint density at radius 1 is 1.19 bits per heavy atom. The van der Waals surface area contributed by atoms with Crippen molar-refractivity contribution in [3.63, 3.8) is 0 Å². The van der Waals surface area contributed by atoms with Crippen LogP contribution < -0.4 is 4.83 Å². The molecular weight excluding hydrogens is 288 g/mol. The fourth-order valence-electron chi connectivity index (χ4n) is 2.10. The smallest absolute Gasteiger partial charge is 0.276 e. The molecule has 0 bridgehead atoms. The number of aryl methyl sites for hydroxylation is 1. The molecule has 0 unspecified atom stereocenters. The summed E-state index contributed by atoms with van der Waals surface area (Å²) in [6, 6.07) is 6.53. The van der Waals surface area contributed by atoms with Crippen LogP contribution in [0, 0.1) is 12.3 Å². The Kier molecular flexibility index (Phi) is 4.18. The van der Waals surface area contributed by atoms with Crippen LogP contribution in [0.1, 0.15) is 38.7 Å². The number of hydrogen-bond acceptors (Lipinski definition) is 4. The molecule has 1 aliphatic carbocycles. The number of carbonyl (C=O) groups is 1. The molecule has 0 amide bonds. The molecule has 114 valence electrons. The second kappa shape index (κ2) is 5.60. The summed E-state index contributed by atoms with van der Waals surface area (Å²) >= 11 is 0. The van der Waals surface area contributed by atoms with E-state index < -0.39 is 10.0 Å². The lowest BCUT2D eigenvalue weighted by Crippen LogP contribution is -2.33. The Morgan fingerprint density at radius 3 is 2.38 bits per heavy atom. The van der Waals surface area contributed by atoms with Gasteiger partial charge in [0.2, 0.25) is 0 Å². The van der Waals surface area contributed by atoms with Crippen LogP contribution in [0.4, 0.5) is 0 Å². The molecule has 0 aliphatic heterocycles. The number of nitrogens with zero attached hydrogens (tertiary/aromatic N) is 1. The van der Waals surface area contributed by atoms with E-state index in [-0.39, 0.29) is 22.5 Å². The van der Waals surface area contributed by atoms with Crippen LogP contribution in [0.2, 0.25) is 0 Å². The third kappa shape index (κ3) is 3.69. The van der Waals surface area contributed by atoms with Crippen molar-refractivity contribution >= 4 is 21.5 Å². The topological polar surface area (TPSA) is 75.6 Å². The van der Waals surface area contributed by atoms with Gasteiger partial charge in [0.05, 0.1) is 4.90 Å². The SMILES string of the molecule is Cc1ccc(S(=O)(=O)N/N=C2\CCC(C)(C)C(=O)C2)cc1. The molecule has 1 fully saturated rings. The number of benzene rings is 1. The standard InChI is InChI=1S/C15H20N2O3S/c1-11-4-6-13(7-5-11)21(19,20)17-16-12-8-9-15(2,3)14(18)10-12/h4-7,17H,8-10H2,1-3H3/b16-12+. The summed E-state index contributed by atoms with van der Waals surface area (Å²) in [6.07, 6.45) is 1.54. The van der Waals surface area contributed by atoms with Gasteiger partial charge in [-0.3, -0.25) is 4.79 Å². The molecule has 1 aromatic carbocycles. The van der Waals surface area contributed by atoms with Crippen molar-refractivity contribution in [3.8, 4) is 0 Å². The van der Waals surface area contributed by atoms with Gasteiger partial charge in [-0.25, -0.2) is 4.83 Å². The van der Waals surface area contributed by atoms with Crippen LogP contribution in [0.5, 0.6) is 0 Å². The molecule has 0 heterocycles. The summed E-state index contributed by atoms with van der Waals surface area (Å²) in [7, 11) is -3.67. The van der Waals surface area contributed by atoms with E-state index >= 15 is 0 Å². The predicted molar refractivity (Wildman–Crippen MR) is 81.6 cm³/mol. The minimum Gasteiger partial charge on any atom is -0.299 e. The molecule has 1 aliphatic rings. The zero-order valence-electron chi connectivity index (χ0n) is 12.5. The number of carbonyl (C=O) groups excluding carboxylic acids is 1. The van der Waals surface area contributed by atoms with E-state index in [1.54, 1.807) is 12.1 Å². The molecule has 0 aromatic heterocycles. The predicted octanol–water partition coefficient (Wildman–Crippen LogP) is 2.41. The fraction of sp³-hybridized carbons (Fsp3) is 0.467. The van der Waals surface area contributed by atoms with Crippen LogP contribution in [-0.2, 0) is 14.8 Å². The van der Waals surface area contributed by atoms with Gasteiger partial charge in [-0.1, -0.05) is 31.5 Å². The summed E-state index contributed by atoms with van der Waals surface area (Å²) in [4.78, 5) is 14.3. The summed E-state index contributed by atoms with van der Waals surface area (Å²) in [5.74, 6) is 0.0991. The molecule has 1 saturated carbocycles. The third-order valence-electron chi connectivity index (χ3n) is 3.81. The first-order chi connectivity index (χ1) is 9.71. The number of nitrogens with one attached hydrogen (secondary N) is 1. The first-order valence-electron chi connectivity index (χ1n) is 6.88. The minimum absolute atomic E-state index is 0.0991. The van der Waals surface area contributed by atoms with Crippen LogP contribution in [0.25, 0.3) is 0 Å². The number of hydrogen-bond donors (Lipinski definition) is 1. The maximum absolute atomic E-state index is 12.1. The molecule has 0 radical (unpaired) electrons. The summed E-state index contributed by atoms with van der Waals surface area (Å²) < 4.78 is 24.2. The van der Waals surface area contributed by atoms with Gasteiger partial charge in [-0.2, -0.15) is 13.5 Å². The molecule has 0 atom stereocenters. The number of Topliss-reactive ketones (excluding diaryl/α,β-unsaturated/α-hetero) is 1. The molecule has 1 N–H and O–H groups in total. The van der Waals surface area contributed by atoms with E-state index in [9.17, 15) is 13.2 Å². The van der Waals surface area contributed by atoms with Crippen LogP contribution in [-0.4, -0.2) is 19.9 Å². The fourth-order valence-corrected chi connectivity index (χ4v) is 2.95. The summed E-state index contributed by atoms with van der Waals surface area (Å²) in [6.45, 7) is 5.70. The van der Waals surface area contributed by atoms with Crippen LogP contribution in [0.15, 0.2) is 34.3 Å². The summed E-state index contributed by atoms with van der Waals surface area (Å²) in [5, 5.41) is 3.93. The number of sulfonamides is 1. The number of ketones is 1. The van der Waals surface area contributed by atoms with Gasteiger partial charge in [-0.15, -0.1) is 0 Å². The second-order valence-electron chi connectivity index (χ2n) is 6.07. The lowest BCUT2D eigenvalue weighted by molar-refractivity contribution is -0.126. The van der Waals surface area contributed by atoms with Gasteiger partial charge in [-0.05, 0) is 31.9 Å². The van der Waals surface area contributed by atoms with Crippen molar-refractivity contribution in [1.29, 1.82) is 0 Å². The Hall–Kier alpha value is -1.69. The normalized spacial score (nSPS) is 20.5. The van der Waals surface area contributed by atoms with Crippen LogP contribution >= 0.6 is 0 Å². The van der Waals surface area contributed by atoms with Crippen molar-refractivity contribution < 1.29 is 13.2 Å². The Labute approximate surface area is 125 Å². The van der Waals surface area contributed by atoms with E-state index in [1.807, 2.05) is 20.8 Å². The molecule has 0 spiro atoms. The maximum atomic E-state index is 12.1. The van der Waals surface area contributed by atoms with Gasteiger partial charge >= 0.3 is 0 Å². The summed E-state index contributed by atoms with van der Waals surface area (Å²) in [5.41, 5.74) is 1.24. The average Bonchev–Trinajstić information content (AvgIpc) is 2.41. The lowest BCUT2D eigenvalue weighted by Gasteiger charge is -2.28. The highest BCUT2D eigenvalue weighted by Crippen LogP contribution is 2.30. The molecule has 0 saturated heterocycles. The van der Waals surface area contributed by atoms with Crippen molar-refractivity contribution in [2.75, 3.05) is 0 Å². The molecule has 21 heavy (non-hydrogen) atoms. The minimum atomic E-state index is -3.67. The molecule has 5 nitrogen and oxygen atoms in total. The third-order valence-corrected chi connectivity index (χ3v) is 5.04. The van der Waals surface area contributed by atoms with Gasteiger partial charge in [0.1, 0.15) is 5.78 Å². The van der Waals surface area contributed by atoms with E-state index in [1.165, 1.54) is 12.1 Å². The molecular formula is C15H20N2O3S. The molecule has 6 heteroatoms. The number of hydrazone groups is 1. The maximum Gasteiger partial charge on any atom is 0.276 e. The van der Waals surface area contributed by atoms with E-state index in [2.05, 4.69) is 9.93 Å². The highest BCUT2D eigenvalue weighted by molar-refractivity contribution is 7.89. The first-order valence-corrected chi connectivity index (χ1v) is 8.36. The van der Waals surface area contributed by atoms with Crippen LogP contribution in [0.3, 0.4) is 0 Å². The average molecular weight is 308 g/mol. The molecule has 1 aromatic rings. The number of rotatable bonds is 3. The monoisotopic (exact) mass is 308 g/mol. The van der Waals surface area contributed by atoms with E-state index in [0.29, 0.717) is 18.6 Å². The van der Waals surface area contributed by atoms with E-state index in [0.717, 1.165) is 5.56 Å². The van der Waals surface area contributed by atoms with Crippen molar-refractivity contribution in [2.45, 2.75) is 44.9 Å². The van der Waals surface area contributed by atoms with Gasteiger partial charge in [0.25, 0.3) is 10.0 Å². The van der Waals surface area contributed by atoms with Crippen molar-refractivity contribution in [1.82, 2.24) is 4.83 Å². The molecule has 2 rings (SSSR count). The van der Waals surface area contributed by atoms with Gasteiger partial charge in [0.15, 0.2) is 0 Å². The van der Waals surface area contributed by atoms with Crippen molar-refractivity contribution in [2.24, 2.45) is 10.5 Å². The van der Waals surface area contributed by atoms with Crippen molar-refractivity contribution in [3.05, 3.63) is 29.8 Å². The highest BCUT2D eigenvalue weighted by Gasteiger charge is 2.33. The largest absolute Gasteiger partial charge is 0.299 e. The van der Waals surface area contributed by atoms with Gasteiger partial charge < -0.3 is 0 Å². The Bertz CT molecular complexity index is 673. The zero-order valence-corrected chi connectivity index (χ0v) is 13.3. The Balaban J connectivity index is 2.10. The quantitative estimate of drug-likeness (QED) is 0.871. The van der Waals surface area contributed by atoms with E-state index in [4.69, 9.17) is 0 Å². The second-order valence-corrected chi connectivity index (χ2v) is 7.73. The Morgan fingerprint density at radius 2 is 1.81 bits per heavy atom. The first kappa shape index (κ1) is 15.7.